The smallest absolute Gasteiger partial charge is 0.260 e. The number of hydrogen-bond donors (Lipinski definition) is 0. The fraction of sp³-hybridized carbons (Fsp3) is 0.438. The van der Waals surface area contributed by atoms with Gasteiger partial charge in [0.25, 0.3) is 5.91 Å². The topological polar surface area (TPSA) is 54.5 Å². The van der Waals surface area contributed by atoms with Gasteiger partial charge in [-0.3, -0.25) is 19.3 Å². The van der Waals surface area contributed by atoms with Crippen LogP contribution in [0.4, 0.5) is 0 Å². The van der Waals surface area contributed by atoms with Gasteiger partial charge in [-0.2, -0.15) is 0 Å². The van der Waals surface area contributed by atoms with Gasteiger partial charge >= 0.3 is 0 Å². The molecular formula is C16H19NO3. The van der Waals surface area contributed by atoms with Crippen LogP contribution in [0.2, 0.25) is 0 Å². The number of carbonyl (C=O) groups excluding carboxylic acids is 3. The fourth-order valence-electron chi connectivity index (χ4n) is 2.20. The molecule has 0 fully saturated rings. The lowest BCUT2D eigenvalue weighted by molar-refractivity contribution is -0.127. The summed E-state index contributed by atoms with van der Waals surface area (Å²) in [4.78, 5) is 37.3. The number of likely N-dealkylation sites (N-methyl/N-ethyl adjacent to an activating group) is 1. The third kappa shape index (κ3) is 2.26. The molecule has 1 aromatic carbocycles. The number of ketones is 1. The van der Waals surface area contributed by atoms with Crippen molar-refractivity contribution in [3.63, 3.8) is 0 Å². The van der Waals surface area contributed by atoms with Crippen LogP contribution in [0.15, 0.2) is 18.2 Å². The Hall–Kier alpha value is -1.97. The van der Waals surface area contributed by atoms with Crippen molar-refractivity contribution in [3.8, 4) is 0 Å². The van der Waals surface area contributed by atoms with E-state index in [1.54, 1.807) is 18.2 Å². The maximum absolute atomic E-state index is 12.4. The highest BCUT2D eigenvalue weighted by Gasteiger charge is 2.31. The Balaban J connectivity index is 2.45. The molecule has 0 saturated heterocycles. The van der Waals surface area contributed by atoms with Crippen LogP contribution in [0.25, 0.3) is 0 Å². The third-order valence-electron chi connectivity index (χ3n) is 4.12. The molecule has 0 atom stereocenters. The Kier molecular flexibility index (Phi) is 3.50. The summed E-state index contributed by atoms with van der Waals surface area (Å²) < 4.78 is 0. The Labute approximate surface area is 118 Å². The molecule has 0 unspecified atom stereocenters. The second kappa shape index (κ2) is 4.85. The predicted octanol–water partition coefficient (Wildman–Crippen LogP) is 2.46. The van der Waals surface area contributed by atoms with Crippen molar-refractivity contribution in [2.24, 2.45) is 5.41 Å². The molecular weight excluding hydrogens is 254 g/mol. The van der Waals surface area contributed by atoms with E-state index in [2.05, 4.69) is 0 Å². The summed E-state index contributed by atoms with van der Waals surface area (Å²) in [6, 6.07) is 5.06. The number of Topliss-reactive ketones (excluding diaryl/α,β-unsaturated/α-hetero) is 1. The van der Waals surface area contributed by atoms with Crippen LogP contribution >= 0.6 is 0 Å². The normalized spacial score (nSPS) is 15.3. The standard InChI is InChI=1S/C16H19NO3/c1-5-16(2,3)14(19)11-7-6-10-9-13(18)17(4)15(20)12(10)8-11/h6-8H,5,9H2,1-4H3. The summed E-state index contributed by atoms with van der Waals surface area (Å²) in [5.41, 5.74) is 1.24. The predicted molar refractivity (Wildman–Crippen MR) is 75.6 cm³/mol. The van der Waals surface area contributed by atoms with Crippen molar-refractivity contribution in [2.45, 2.75) is 33.6 Å². The SMILES string of the molecule is CCC(C)(C)C(=O)c1ccc2c(c1)C(=O)N(C)C(=O)C2. The minimum atomic E-state index is -0.451. The maximum Gasteiger partial charge on any atom is 0.260 e. The van der Waals surface area contributed by atoms with E-state index < -0.39 is 5.41 Å². The minimum Gasteiger partial charge on any atom is -0.294 e. The molecule has 1 heterocycles. The van der Waals surface area contributed by atoms with Crippen molar-refractivity contribution < 1.29 is 14.4 Å². The van der Waals surface area contributed by atoms with Gasteiger partial charge in [-0.15, -0.1) is 0 Å². The lowest BCUT2D eigenvalue weighted by atomic mass is 9.81. The molecule has 0 aromatic heterocycles. The van der Waals surface area contributed by atoms with E-state index in [1.807, 2.05) is 20.8 Å². The van der Waals surface area contributed by atoms with E-state index >= 15 is 0 Å². The molecule has 0 aliphatic carbocycles. The molecule has 1 aliphatic rings. The Bertz CT molecular complexity index is 602. The summed E-state index contributed by atoms with van der Waals surface area (Å²) in [6.07, 6.45) is 0.943. The molecule has 1 aliphatic heterocycles. The molecule has 106 valence electrons. The van der Waals surface area contributed by atoms with E-state index in [1.165, 1.54) is 7.05 Å². The number of fused-ring (bicyclic) bond motifs is 1. The quantitative estimate of drug-likeness (QED) is 0.628. The summed E-state index contributed by atoms with van der Waals surface area (Å²) in [5, 5.41) is 0. The highest BCUT2D eigenvalue weighted by Crippen LogP contribution is 2.28. The van der Waals surface area contributed by atoms with Crippen molar-refractivity contribution >= 4 is 17.6 Å². The van der Waals surface area contributed by atoms with Gasteiger partial charge in [-0.25, -0.2) is 0 Å². The number of imide groups is 1. The Morgan fingerprint density at radius 3 is 2.55 bits per heavy atom. The first-order chi connectivity index (χ1) is 9.27. The lowest BCUT2D eigenvalue weighted by Crippen LogP contribution is -2.39. The number of carbonyl (C=O) groups is 3. The Morgan fingerprint density at radius 1 is 1.30 bits per heavy atom. The van der Waals surface area contributed by atoms with Crippen LogP contribution in [0.1, 0.15) is 53.5 Å². The first kappa shape index (κ1) is 14.4. The van der Waals surface area contributed by atoms with Crippen LogP contribution in [0, 0.1) is 5.41 Å². The fourth-order valence-corrected chi connectivity index (χ4v) is 2.20. The van der Waals surface area contributed by atoms with E-state index in [0.717, 1.165) is 11.3 Å². The molecule has 0 bridgehead atoms. The highest BCUT2D eigenvalue weighted by atomic mass is 16.2. The zero-order valence-corrected chi connectivity index (χ0v) is 12.3. The number of benzene rings is 1. The van der Waals surface area contributed by atoms with E-state index in [4.69, 9.17) is 0 Å². The average molecular weight is 273 g/mol. The van der Waals surface area contributed by atoms with Gasteiger partial charge in [-0.05, 0) is 18.1 Å². The van der Waals surface area contributed by atoms with Gasteiger partial charge in [0, 0.05) is 23.6 Å². The molecule has 20 heavy (non-hydrogen) atoms. The van der Waals surface area contributed by atoms with Gasteiger partial charge in [0.2, 0.25) is 5.91 Å². The molecule has 2 rings (SSSR count). The van der Waals surface area contributed by atoms with E-state index in [0.29, 0.717) is 16.7 Å². The molecule has 0 saturated carbocycles. The molecule has 4 nitrogen and oxygen atoms in total. The van der Waals surface area contributed by atoms with Crippen molar-refractivity contribution in [3.05, 3.63) is 34.9 Å². The molecule has 2 amide bonds. The van der Waals surface area contributed by atoms with Crippen molar-refractivity contribution in [2.75, 3.05) is 7.05 Å². The van der Waals surface area contributed by atoms with Crippen LogP contribution < -0.4 is 0 Å². The third-order valence-corrected chi connectivity index (χ3v) is 4.12. The van der Waals surface area contributed by atoms with Crippen LogP contribution in [-0.4, -0.2) is 29.5 Å². The summed E-state index contributed by atoms with van der Waals surface area (Å²) in [7, 11) is 1.47. The molecule has 1 aromatic rings. The van der Waals surface area contributed by atoms with E-state index in [9.17, 15) is 14.4 Å². The first-order valence-electron chi connectivity index (χ1n) is 6.76. The summed E-state index contributed by atoms with van der Waals surface area (Å²) in [5.74, 6) is -0.522. The molecule has 0 N–H and O–H groups in total. The average Bonchev–Trinajstić information content (AvgIpc) is 2.44. The Morgan fingerprint density at radius 2 is 1.95 bits per heavy atom. The van der Waals surface area contributed by atoms with Crippen molar-refractivity contribution in [1.82, 2.24) is 4.90 Å². The van der Waals surface area contributed by atoms with Gasteiger partial charge < -0.3 is 0 Å². The van der Waals surface area contributed by atoms with Crippen LogP contribution in [-0.2, 0) is 11.2 Å². The monoisotopic (exact) mass is 273 g/mol. The largest absolute Gasteiger partial charge is 0.294 e. The van der Waals surface area contributed by atoms with Crippen molar-refractivity contribution in [1.29, 1.82) is 0 Å². The number of nitrogens with zero attached hydrogens (tertiary/aromatic N) is 1. The van der Waals surface area contributed by atoms with Gasteiger partial charge in [0.1, 0.15) is 0 Å². The zero-order chi connectivity index (χ0) is 15.1. The van der Waals surface area contributed by atoms with Gasteiger partial charge in [0.05, 0.1) is 6.42 Å². The number of amides is 2. The molecule has 4 heteroatoms. The van der Waals surface area contributed by atoms with Crippen LogP contribution in [0.5, 0.6) is 0 Å². The molecule has 0 radical (unpaired) electrons. The highest BCUT2D eigenvalue weighted by molar-refractivity contribution is 6.11. The maximum atomic E-state index is 12.4. The minimum absolute atomic E-state index is 0.0233. The second-order valence-corrected chi connectivity index (χ2v) is 5.87. The zero-order valence-electron chi connectivity index (χ0n) is 12.3. The van der Waals surface area contributed by atoms with Gasteiger partial charge in [0.15, 0.2) is 5.78 Å². The lowest BCUT2D eigenvalue weighted by Gasteiger charge is -2.25. The number of hydrogen-bond acceptors (Lipinski definition) is 3. The summed E-state index contributed by atoms with van der Waals surface area (Å²) in [6.45, 7) is 5.76. The van der Waals surface area contributed by atoms with Crippen LogP contribution in [0.3, 0.4) is 0 Å². The number of rotatable bonds is 3. The van der Waals surface area contributed by atoms with E-state index in [-0.39, 0.29) is 24.0 Å². The van der Waals surface area contributed by atoms with Gasteiger partial charge in [-0.1, -0.05) is 32.9 Å². The molecule has 0 spiro atoms. The first-order valence-corrected chi connectivity index (χ1v) is 6.76. The second-order valence-electron chi connectivity index (χ2n) is 5.87. The summed E-state index contributed by atoms with van der Waals surface area (Å²) >= 11 is 0.